The zero-order valence-electron chi connectivity index (χ0n) is 11.5. The monoisotopic (exact) mass is 263 g/mol. The molecule has 104 valence electrons. The topological polar surface area (TPSA) is 18.5 Å². The maximum Gasteiger partial charge on any atom is 0.128 e. The Hall–Kier alpha value is -0.970. The van der Waals surface area contributed by atoms with Crippen LogP contribution in [-0.2, 0) is 0 Å². The molecule has 3 nitrogen and oxygen atoms in total. The number of fused-ring (bicyclic) bond motifs is 3. The quantitative estimate of drug-likeness (QED) is 0.887. The smallest absolute Gasteiger partial charge is 0.128 e. The molecule has 3 aliphatic rings. The summed E-state index contributed by atoms with van der Waals surface area (Å²) in [6.07, 6.45) is 0. The maximum atomic E-state index is 14.1. The number of hydrogen-bond donors (Lipinski definition) is 1. The molecule has 0 amide bonds. The number of rotatable bonds is 4. The number of benzene rings is 1. The SMILES string of the molecule is CCNC(c1ccccc1F)C1CN2CCN1CC2. The Balaban J connectivity index is 1.87. The van der Waals surface area contributed by atoms with Crippen molar-refractivity contribution < 1.29 is 4.39 Å². The molecule has 2 bridgehead atoms. The van der Waals surface area contributed by atoms with Crippen LogP contribution in [0, 0.1) is 5.82 Å². The molecule has 3 fully saturated rings. The number of piperazine rings is 3. The summed E-state index contributed by atoms with van der Waals surface area (Å²) in [5.41, 5.74) is 0.808. The minimum Gasteiger partial charge on any atom is -0.309 e. The minimum atomic E-state index is -0.0916. The average molecular weight is 263 g/mol. The highest BCUT2D eigenvalue weighted by Crippen LogP contribution is 2.28. The van der Waals surface area contributed by atoms with Gasteiger partial charge in [-0.05, 0) is 12.6 Å². The zero-order valence-corrected chi connectivity index (χ0v) is 11.5. The summed E-state index contributed by atoms with van der Waals surface area (Å²) in [5, 5.41) is 3.49. The second-order valence-corrected chi connectivity index (χ2v) is 5.46. The summed E-state index contributed by atoms with van der Waals surface area (Å²) in [6, 6.07) is 7.66. The zero-order chi connectivity index (χ0) is 13.2. The van der Waals surface area contributed by atoms with Gasteiger partial charge in [-0.1, -0.05) is 25.1 Å². The van der Waals surface area contributed by atoms with Crippen LogP contribution in [0.2, 0.25) is 0 Å². The molecular formula is C15H22FN3. The van der Waals surface area contributed by atoms with Crippen molar-refractivity contribution in [3.63, 3.8) is 0 Å². The molecule has 2 unspecified atom stereocenters. The van der Waals surface area contributed by atoms with Gasteiger partial charge in [0.2, 0.25) is 0 Å². The maximum absolute atomic E-state index is 14.1. The third kappa shape index (κ3) is 2.53. The molecule has 0 radical (unpaired) electrons. The van der Waals surface area contributed by atoms with E-state index in [-0.39, 0.29) is 11.9 Å². The third-order valence-electron chi connectivity index (χ3n) is 4.37. The van der Waals surface area contributed by atoms with Crippen LogP contribution in [0.3, 0.4) is 0 Å². The number of nitrogens with zero attached hydrogens (tertiary/aromatic N) is 2. The Kier molecular flexibility index (Phi) is 3.82. The van der Waals surface area contributed by atoms with E-state index >= 15 is 0 Å². The fourth-order valence-electron chi connectivity index (χ4n) is 3.37. The van der Waals surface area contributed by atoms with Crippen LogP contribution in [0.5, 0.6) is 0 Å². The molecule has 2 atom stereocenters. The summed E-state index contributed by atoms with van der Waals surface area (Å²) in [4.78, 5) is 5.01. The largest absolute Gasteiger partial charge is 0.309 e. The van der Waals surface area contributed by atoms with Gasteiger partial charge in [0.1, 0.15) is 5.82 Å². The van der Waals surface area contributed by atoms with E-state index in [2.05, 4.69) is 22.0 Å². The van der Waals surface area contributed by atoms with Gasteiger partial charge in [0.25, 0.3) is 0 Å². The van der Waals surface area contributed by atoms with Gasteiger partial charge in [-0.2, -0.15) is 0 Å². The number of halogens is 1. The van der Waals surface area contributed by atoms with E-state index in [1.807, 2.05) is 12.1 Å². The van der Waals surface area contributed by atoms with Gasteiger partial charge in [-0.25, -0.2) is 4.39 Å². The van der Waals surface area contributed by atoms with Gasteiger partial charge < -0.3 is 5.32 Å². The van der Waals surface area contributed by atoms with Gasteiger partial charge in [-0.15, -0.1) is 0 Å². The Morgan fingerprint density at radius 3 is 2.58 bits per heavy atom. The average Bonchev–Trinajstić information content (AvgIpc) is 2.47. The van der Waals surface area contributed by atoms with Gasteiger partial charge >= 0.3 is 0 Å². The Bertz CT molecular complexity index is 429. The molecule has 1 aromatic carbocycles. The molecule has 0 spiro atoms. The minimum absolute atomic E-state index is 0.0916. The van der Waals surface area contributed by atoms with Crippen molar-refractivity contribution in [2.24, 2.45) is 0 Å². The lowest BCUT2D eigenvalue weighted by molar-refractivity contribution is -0.00393. The summed E-state index contributed by atoms with van der Waals surface area (Å²) in [6.45, 7) is 8.54. The van der Waals surface area contributed by atoms with E-state index in [9.17, 15) is 4.39 Å². The van der Waals surface area contributed by atoms with Crippen molar-refractivity contribution in [3.05, 3.63) is 35.6 Å². The highest BCUT2D eigenvalue weighted by atomic mass is 19.1. The summed E-state index contributed by atoms with van der Waals surface area (Å²) >= 11 is 0. The van der Waals surface area contributed by atoms with Gasteiger partial charge in [0.15, 0.2) is 0 Å². The second-order valence-electron chi connectivity index (χ2n) is 5.46. The van der Waals surface area contributed by atoms with Gasteiger partial charge in [0, 0.05) is 44.3 Å². The van der Waals surface area contributed by atoms with Gasteiger partial charge in [0.05, 0.1) is 6.04 Å². The number of likely N-dealkylation sites (N-methyl/N-ethyl adjacent to an activating group) is 1. The number of hydrogen-bond acceptors (Lipinski definition) is 3. The Labute approximate surface area is 114 Å². The first kappa shape index (κ1) is 13.0. The van der Waals surface area contributed by atoms with Crippen LogP contribution in [0.15, 0.2) is 24.3 Å². The van der Waals surface area contributed by atoms with Crippen molar-refractivity contribution in [3.8, 4) is 0 Å². The van der Waals surface area contributed by atoms with Crippen LogP contribution < -0.4 is 5.32 Å². The van der Waals surface area contributed by atoms with Gasteiger partial charge in [-0.3, -0.25) is 9.80 Å². The lowest BCUT2D eigenvalue weighted by Gasteiger charge is -2.50. The summed E-state index contributed by atoms with van der Waals surface area (Å²) in [5.74, 6) is -0.0916. The van der Waals surface area contributed by atoms with Crippen LogP contribution in [-0.4, -0.2) is 55.1 Å². The van der Waals surface area contributed by atoms with Crippen LogP contribution in [0.1, 0.15) is 18.5 Å². The normalized spacial score (nSPS) is 31.4. The first-order valence-corrected chi connectivity index (χ1v) is 7.24. The van der Waals surface area contributed by atoms with Crippen LogP contribution >= 0.6 is 0 Å². The molecule has 1 N–H and O–H groups in total. The standard InChI is InChI=1S/C15H22FN3/c1-2-17-15(12-5-3-4-6-13(12)16)14-11-18-7-9-19(14)10-8-18/h3-6,14-15,17H,2,7-11H2,1H3. The fraction of sp³-hybridized carbons (Fsp3) is 0.600. The Morgan fingerprint density at radius 1 is 1.26 bits per heavy atom. The highest BCUT2D eigenvalue weighted by molar-refractivity contribution is 5.23. The third-order valence-corrected chi connectivity index (χ3v) is 4.37. The first-order chi connectivity index (χ1) is 9.29. The van der Waals surface area contributed by atoms with E-state index in [0.29, 0.717) is 6.04 Å². The number of nitrogens with one attached hydrogen (secondary N) is 1. The predicted molar refractivity (Wildman–Crippen MR) is 74.6 cm³/mol. The van der Waals surface area contributed by atoms with E-state index in [4.69, 9.17) is 0 Å². The first-order valence-electron chi connectivity index (χ1n) is 7.24. The summed E-state index contributed by atoms with van der Waals surface area (Å²) in [7, 11) is 0. The highest BCUT2D eigenvalue weighted by Gasteiger charge is 2.37. The van der Waals surface area contributed by atoms with Crippen molar-refractivity contribution in [1.29, 1.82) is 0 Å². The lowest BCUT2D eigenvalue weighted by atomic mass is 9.93. The second kappa shape index (κ2) is 5.57. The summed E-state index contributed by atoms with van der Waals surface area (Å²) < 4.78 is 14.1. The molecule has 3 heterocycles. The Morgan fingerprint density at radius 2 is 2.00 bits per heavy atom. The van der Waals surface area contributed by atoms with Crippen LogP contribution in [0.25, 0.3) is 0 Å². The molecule has 3 saturated heterocycles. The lowest BCUT2D eigenvalue weighted by Crippen LogP contribution is -2.64. The van der Waals surface area contributed by atoms with Crippen molar-refractivity contribution in [1.82, 2.24) is 15.1 Å². The van der Waals surface area contributed by atoms with Crippen molar-refractivity contribution in [2.45, 2.75) is 19.0 Å². The van der Waals surface area contributed by atoms with Crippen molar-refractivity contribution in [2.75, 3.05) is 39.3 Å². The molecular weight excluding hydrogens is 241 g/mol. The van der Waals surface area contributed by atoms with E-state index < -0.39 is 0 Å². The van der Waals surface area contributed by atoms with E-state index in [1.165, 1.54) is 0 Å². The van der Waals surface area contributed by atoms with E-state index in [1.54, 1.807) is 12.1 Å². The molecule has 1 aromatic rings. The molecule has 0 aromatic heterocycles. The molecule has 4 heteroatoms. The fourth-order valence-corrected chi connectivity index (χ4v) is 3.37. The predicted octanol–water partition coefficient (Wildman–Crippen LogP) is 1.48. The molecule has 0 saturated carbocycles. The molecule has 4 rings (SSSR count). The molecule has 3 aliphatic heterocycles. The molecule has 19 heavy (non-hydrogen) atoms. The van der Waals surface area contributed by atoms with Crippen LogP contribution in [0.4, 0.5) is 4.39 Å². The molecule has 0 aliphatic carbocycles. The van der Waals surface area contributed by atoms with E-state index in [0.717, 1.165) is 44.8 Å². The van der Waals surface area contributed by atoms with Crippen molar-refractivity contribution >= 4 is 0 Å².